The highest BCUT2D eigenvalue weighted by atomic mass is 16.7. The van der Waals surface area contributed by atoms with E-state index in [0.717, 1.165) is 57.5 Å². The summed E-state index contributed by atoms with van der Waals surface area (Å²) in [6.45, 7) is 4.01. The van der Waals surface area contributed by atoms with Crippen LogP contribution in [0.5, 0.6) is 0 Å². The Hall–Kier alpha value is -2.43. The molecule has 7 nitrogen and oxygen atoms in total. The van der Waals surface area contributed by atoms with Gasteiger partial charge in [-0.2, -0.15) is 5.26 Å². The molecule has 1 atom stereocenters. The molecule has 0 aromatic heterocycles. The molecule has 2 fully saturated rings. The van der Waals surface area contributed by atoms with Crippen molar-refractivity contribution in [3.05, 3.63) is 35.4 Å². The lowest BCUT2D eigenvalue weighted by atomic mass is 9.95. The topological polar surface area (TPSA) is 72.2 Å². The van der Waals surface area contributed by atoms with Crippen LogP contribution in [0.15, 0.2) is 29.4 Å². The predicted octanol–water partition coefficient (Wildman–Crippen LogP) is 1.83. The first-order valence-electron chi connectivity index (χ1n) is 10.4. The normalized spacial score (nSPS) is 25.3. The molecular weight excluding hydrogens is 366 g/mol. The molecule has 1 amide bonds. The van der Waals surface area contributed by atoms with Gasteiger partial charge >= 0.3 is 0 Å². The third-order valence-electron chi connectivity index (χ3n) is 6.43. The summed E-state index contributed by atoms with van der Waals surface area (Å²) in [6, 6.07) is 10.5. The molecule has 3 aliphatic heterocycles. The van der Waals surface area contributed by atoms with E-state index in [4.69, 9.17) is 10.1 Å². The largest absolute Gasteiger partial charge is 0.387 e. The fourth-order valence-electron chi connectivity index (χ4n) is 4.68. The molecule has 1 aromatic carbocycles. The van der Waals surface area contributed by atoms with E-state index in [1.165, 1.54) is 0 Å². The second-order valence-electron chi connectivity index (χ2n) is 8.75. The highest BCUT2D eigenvalue weighted by Gasteiger charge is 2.47. The Morgan fingerprint density at radius 2 is 2.14 bits per heavy atom. The van der Waals surface area contributed by atoms with Crippen molar-refractivity contribution in [2.75, 3.05) is 40.3 Å². The zero-order chi connectivity index (χ0) is 20.4. The molecule has 29 heavy (non-hydrogen) atoms. The first kappa shape index (κ1) is 19.9. The summed E-state index contributed by atoms with van der Waals surface area (Å²) < 4.78 is 0. The molecule has 4 rings (SSSR count). The summed E-state index contributed by atoms with van der Waals surface area (Å²) in [5, 5.41) is 13.3. The van der Waals surface area contributed by atoms with E-state index in [-0.39, 0.29) is 11.5 Å². The minimum Gasteiger partial charge on any atom is -0.387 e. The maximum absolute atomic E-state index is 12.9. The molecule has 3 aliphatic rings. The number of amides is 1. The van der Waals surface area contributed by atoms with Crippen molar-refractivity contribution in [1.29, 1.82) is 5.26 Å². The first-order chi connectivity index (χ1) is 14.0. The first-order valence-corrected chi connectivity index (χ1v) is 10.4. The number of oxime groups is 1. The lowest BCUT2D eigenvalue weighted by Crippen LogP contribution is -2.47. The zero-order valence-corrected chi connectivity index (χ0v) is 17.3. The number of hydrogen-bond donors (Lipinski definition) is 0. The van der Waals surface area contributed by atoms with Gasteiger partial charge in [0.05, 0.1) is 11.6 Å². The minimum absolute atomic E-state index is 0.0410. The van der Waals surface area contributed by atoms with Crippen LogP contribution in [0, 0.1) is 11.3 Å². The SMILES string of the molecule is CN(C)C1CCN(C(=O)C2=NO[C@]3(CCN(Cc4cccc(C#N)c4)C3)C2)CC1. The van der Waals surface area contributed by atoms with Crippen LogP contribution in [0.3, 0.4) is 0 Å². The van der Waals surface area contributed by atoms with Gasteiger partial charge in [0, 0.05) is 51.6 Å². The fourth-order valence-corrected chi connectivity index (χ4v) is 4.68. The summed E-state index contributed by atoms with van der Waals surface area (Å²) >= 11 is 0. The standard InChI is InChI=1S/C22H29N5O2/c1-25(2)19-6-9-27(10-7-19)21(28)20-13-22(29-24-20)8-11-26(16-22)15-18-5-3-4-17(12-18)14-23/h3-5,12,19H,6-11,13,15-16H2,1-2H3/t22-/m1/s1. The number of carbonyl (C=O) groups is 1. The smallest absolute Gasteiger partial charge is 0.271 e. The number of piperidine rings is 1. The number of carbonyl (C=O) groups excluding carboxylic acids is 1. The second-order valence-corrected chi connectivity index (χ2v) is 8.75. The van der Waals surface area contributed by atoms with Crippen LogP contribution in [0.2, 0.25) is 0 Å². The summed E-state index contributed by atoms with van der Waals surface area (Å²) in [5.41, 5.74) is 2.00. The maximum atomic E-state index is 12.9. The second kappa shape index (κ2) is 8.13. The number of nitriles is 1. The summed E-state index contributed by atoms with van der Waals surface area (Å²) in [6.07, 6.45) is 3.48. The Morgan fingerprint density at radius 1 is 1.34 bits per heavy atom. The van der Waals surface area contributed by atoms with Crippen LogP contribution < -0.4 is 0 Å². The average molecular weight is 396 g/mol. The van der Waals surface area contributed by atoms with E-state index < -0.39 is 0 Å². The zero-order valence-electron chi connectivity index (χ0n) is 17.3. The van der Waals surface area contributed by atoms with Crippen LogP contribution >= 0.6 is 0 Å². The molecule has 0 saturated carbocycles. The maximum Gasteiger partial charge on any atom is 0.271 e. The molecule has 3 heterocycles. The summed E-state index contributed by atoms with van der Waals surface area (Å²) in [5.74, 6) is 0.0410. The molecule has 1 spiro atoms. The molecule has 0 unspecified atom stereocenters. The van der Waals surface area contributed by atoms with Crippen molar-refractivity contribution in [2.24, 2.45) is 5.16 Å². The number of rotatable bonds is 4. The van der Waals surface area contributed by atoms with Crippen molar-refractivity contribution in [2.45, 2.75) is 43.9 Å². The molecule has 0 bridgehead atoms. The summed E-state index contributed by atoms with van der Waals surface area (Å²) in [7, 11) is 4.20. The lowest BCUT2D eigenvalue weighted by Gasteiger charge is -2.35. The van der Waals surface area contributed by atoms with Crippen molar-refractivity contribution >= 4 is 11.6 Å². The van der Waals surface area contributed by atoms with E-state index in [1.807, 2.05) is 29.2 Å². The molecule has 1 aromatic rings. The predicted molar refractivity (Wildman–Crippen MR) is 110 cm³/mol. The van der Waals surface area contributed by atoms with Crippen LogP contribution in [0.25, 0.3) is 0 Å². The molecule has 154 valence electrons. The Labute approximate surface area is 172 Å². The van der Waals surface area contributed by atoms with Gasteiger partial charge in [0.25, 0.3) is 5.91 Å². The van der Waals surface area contributed by atoms with Gasteiger partial charge in [-0.05, 0) is 44.6 Å². The monoisotopic (exact) mass is 395 g/mol. The van der Waals surface area contributed by atoms with Gasteiger partial charge in [-0.1, -0.05) is 17.3 Å². The van der Waals surface area contributed by atoms with E-state index in [9.17, 15) is 4.79 Å². The van der Waals surface area contributed by atoms with E-state index in [0.29, 0.717) is 23.7 Å². The summed E-state index contributed by atoms with van der Waals surface area (Å²) in [4.78, 5) is 25.2. The van der Waals surface area contributed by atoms with Crippen molar-refractivity contribution in [3.8, 4) is 6.07 Å². The van der Waals surface area contributed by atoms with Crippen LogP contribution in [0.1, 0.15) is 36.8 Å². The van der Waals surface area contributed by atoms with Gasteiger partial charge in [-0.25, -0.2) is 0 Å². The van der Waals surface area contributed by atoms with Gasteiger partial charge in [-0.15, -0.1) is 0 Å². The van der Waals surface area contributed by atoms with Gasteiger partial charge in [0.2, 0.25) is 0 Å². The van der Waals surface area contributed by atoms with Crippen LogP contribution in [0.4, 0.5) is 0 Å². The van der Waals surface area contributed by atoms with E-state index >= 15 is 0 Å². The Kier molecular flexibility index (Phi) is 5.57. The quantitative estimate of drug-likeness (QED) is 0.778. The van der Waals surface area contributed by atoms with Gasteiger partial charge in [-0.3, -0.25) is 9.69 Å². The number of likely N-dealkylation sites (tertiary alicyclic amines) is 2. The highest BCUT2D eigenvalue weighted by molar-refractivity contribution is 6.39. The Bertz CT molecular complexity index is 838. The third-order valence-corrected chi connectivity index (χ3v) is 6.43. The van der Waals surface area contributed by atoms with E-state index in [1.54, 1.807) is 0 Å². The molecule has 0 radical (unpaired) electrons. The Morgan fingerprint density at radius 3 is 2.86 bits per heavy atom. The number of hydrogen-bond acceptors (Lipinski definition) is 6. The fraction of sp³-hybridized carbons (Fsp3) is 0.591. The third kappa shape index (κ3) is 4.29. The van der Waals surface area contributed by atoms with Crippen molar-refractivity contribution in [1.82, 2.24) is 14.7 Å². The molecule has 0 aliphatic carbocycles. The van der Waals surface area contributed by atoms with Crippen LogP contribution in [-0.2, 0) is 16.2 Å². The number of nitrogens with zero attached hydrogens (tertiary/aromatic N) is 5. The van der Waals surface area contributed by atoms with Crippen molar-refractivity contribution in [3.63, 3.8) is 0 Å². The Balaban J connectivity index is 1.31. The molecule has 7 heteroatoms. The van der Waals surface area contributed by atoms with Gasteiger partial charge in [0.1, 0.15) is 5.71 Å². The molecular formula is C22H29N5O2. The number of benzene rings is 1. The van der Waals surface area contributed by atoms with Gasteiger partial charge in [0.15, 0.2) is 5.60 Å². The average Bonchev–Trinajstić information content (AvgIpc) is 3.34. The van der Waals surface area contributed by atoms with E-state index in [2.05, 4.69) is 35.1 Å². The minimum atomic E-state index is -0.375. The lowest BCUT2D eigenvalue weighted by molar-refractivity contribution is -0.125. The highest BCUT2D eigenvalue weighted by Crippen LogP contribution is 2.35. The molecule has 0 N–H and O–H groups in total. The van der Waals surface area contributed by atoms with Crippen molar-refractivity contribution < 1.29 is 9.63 Å². The van der Waals surface area contributed by atoms with Crippen LogP contribution in [-0.4, -0.2) is 78.2 Å². The molecule has 2 saturated heterocycles. The van der Waals surface area contributed by atoms with Gasteiger partial charge < -0.3 is 14.6 Å².